The summed E-state index contributed by atoms with van der Waals surface area (Å²) in [5.41, 5.74) is 1.59. The van der Waals surface area contributed by atoms with Gasteiger partial charge in [-0.05, 0) is 43.0 Å². The summed E-state index contributed by atoms with van der Waals surface area (Å²) in [5, 5.41) is 1.63. The van der Waals surface area contributed by atoms with Crippen LogP contribution in [0.1, 0.15) is 22.3 Å². The largest absolute Gasteiger partial charge is 0.219 e. The van der Waals surface area contributed by atoms with Gasteiger partial charge in [-0.15, -0.1) is 0 Å². The second-order valence-electron chi connectivity index (χ2n) is 4.57. The van der Waals surface area contributed by atoms with Crippen LogP contribution >= 0.6 is 0 Å². The number of benzene rings is 1. The van der Waals surface area contributed by atoms with E-state index in [1.54, 1.807) is 13.8 Å². The second kappa shape index (κ2) is 5.61. The molecule has 0 aliphatic heterocycles. The fourth-order valence-corrected chi connectivity index (χ4v) is 5.05. The van der Waals surface area contributed by atoms with Crippen LogP contribution in [-0.2, 0) is 19.7 Å². The number of hydrogen-bond donors (Lipinski definition) is 0. The van der Waals surface area contributed by atoms with Crippen molar-refractivity contribution in [1.82, 2.24) is 0 Å². The molecule has 0 aliphatic rings. The van der Waals surface area contributed by atoms with Crippen LogP contribution in [-0.4, -0.2) is 16.8 Å². The van der Waals surface area contributed by atoms with Crippen molar-refractivity contribution in [3.8, 4) is 0 Å². The van der Waals surface area contributed by atoms with Crippen molar-refractivity contribution in [2.75, 3.05) is 0 Å². The summed E-state index contributed by atoms with van der Waals surface area (Å²) < 4.78 is 48.9. The molecular weight excluding hydrogens is 308 g/mol. The predicted molar refractivity (Wildman–Crippen MR) is 85.5 cm³/mol. The SMILES string of the molecule is C=Cc1c(C)c(S(=O)(=O)C=C)c(C)c(S(=O)(=O)C=C)c1C. The third-order valence-electron chi connectivity index (χ3n) is 3.38. The van der Waals surface area contributed by atoms with Gasteiger partial charge in [0.2, 0.25) is 0 Å². The van der Waals surface area contributed by atoms with Crippen molar-refractivity contribution in [1.29, 1.82) is 0 Å². The van der Waals surface area contributed by atoms with Crippen molar-refractivity contribution in [3.63, 3.8) is 0 Å². The highest BCUT2D eigenvalue weighted by atomic mass is 32.2. The monoisotopic (exact) mass is 326 g/mol. The molecule has 114 valence electrons. The lowest BCUT2D eigenvalue weighted by atomic mass is 9.99. The Kier molecular flexibility index (Phi) is 4.65. The molecule has 0 bridgehead atoms. The Morgan fingerprint density at radius 1 is 0.714 bits per heavy atom. The van der Waals surface area contributed by atoms with E-state index in [1.807, 2.05) is 0 Å². The van der Waals surface area contributed by atoms with Crippen LogP contribution in [0.25, 0.3) is 6.08 Å². The van der Waals surface area contributed by atoms with Gasteiger partial charge in [0.25, 0.3) is 0 Å². The second-order valence-corrected chi connectivity index (χ2v) is 8.24. The molecule has 1 rings (SSSR count). The van der Waals surface area contributed by atoms with Crippen molar-refractivity contribution in [3.05, 3.63) is 52.8 Å². The van der Waals surface area contributed by atoms with Crippen LogP contribution in [0, 0.1) is 20.8 Å². The van der Waals surface area contributed by atoms with E-state index in [0.29, 0.717) is 16.7 Å². The van der Waals surface area contributed by atoms with Crippen LogP contribution in [0.15, 0.2) is 40.3 Å². The minimum Gasteiger partial charge on any atom is -0.219 e. The van der Waals surface area contributed by atoms with Gasteiger partial charge in [0.15, 0.2) is 19.7 Å². The maximum absolute atomic E-state index is 12.2. The van der Waals surface area contributed by atoms with Gasteiger partial charge in [-0.2, -0.15) is 0 Å². The van der Waals surface area contributed by atoms with Gasteiger partial charge in [0.1, 0.15) is 0 Å². The minimum atomic E-state index is -3.78. The van der Waals surface area contributed by atoms with Gasteiger partial charge in [0, 0.05) is 10.8 Å². The summed E-state index contributed by atoms with van der Waals surface area (Å²) >= 11 is 0. The fraction of sp³-hybridized carbons (Fsp3) is 0.200. The van der Waals surface area contributed by atoms with Crippen LogP contribution in [0.3, 0.4) is 0 Å². The maximum atomic E-state index is 12.2. The maximum Gasteiger partial charge on any atom is 0.199 e. The van der Waals surface area contributed by atoms with E-state index in [0.717, 1.165) is 10.8 Å². The molecule has 0 unspecified atom stereocenters. The summed E-state index contributed by atoms with van der Waals surface area (Å²) in [6.45, 7) is 15.0. The zero-order valence-electron chi connectivity index (χ0n) is 12.3. The summed E-state index contributed by atoms with van der Waals surface area (Å²) in [6, 6.07) is 0. The van der Waals surface area contributed by atoms with Crippen LogP contribution < -0.4 is 0 Å². The molecule has 0 N–H and O–H groups in total. The molecule has 1 aromatic rings. The molecule has 21 heavy (non-hydrogen) atoms. The molecular formula is C15H18O4S2. The lowest BCUT2D eigenvalue weighted by Gasteiger charge is -2.18. The Balaban J connectivity index is 4.23. The fourth-order valence-electron chi connectivity index (χ4n) is 2.52. The zero-order valence-corrected chi connectivity index (χ0v) is 13.9. The van der Waals surface area contributed by atoms with E-state index in [2.05, 4.69) is 19.7 Å². The first kappa shape index (κ1) is 17.4. The molecule has 0 heterocycles. The van der Waals surface area contributed by atoms with Crippen molar-refractivity contribution in [2.45, 2.75) is 30.6 Å². The normalized spacial score (nSPS) is 12.0. The summed E-state index contributed by atoms with van der Waals surface area (Å²) in [7, 11) is -7.57. The third-order valence-corrected chi connectivity index (χ3v) is 6.62. The average molecular weight is 326 g/mol. The predicted octanol–water partition coefficient (Wildman–Crippen LogP) is 3.09. The lowest BCUT2D eigenvalue weighted by Crippen LogP contribution is -2.12. The Bertz CT molecular complexity index is 777. The molecule has 0 radical (unpaired) electrons. The molecule has 0 saturated heterocycles. The van der Waals surface area contributed by atoms with Gasteiger partial charge in [0.05, 0.1) is 9.79 Å². The Hall–Kier alpha value is -1.66. The molecule has 6 heteroatoms. The number of rotatable bonds is 5. The van der Waals surface area contributed by atoms with Crippen LogP contribution in [0.4, 0.5) is 0 Å². The average Bonchev–Trinajstić information content (AvgIpc) is 2.38. The highest BCUT2D eigenvalue weighted by Gasteiger charge is 2.27. The Morgan fingerprint density at radius 3 is 1.29 bits per heavy atom. The number of sulfone groups is 2. The molecule has 0 saturated carbocycles. The van der Waals surface area contributed by atoms with E-state index >= 15 is 0 Å². The first-order valence-electron chi connectivity index (χ1n) is 6.06. The highest BCUT2D eigenvalue weighted by molar-refractivity contribution is 7.95. The molecule has 4 nitrogen and oxygen atoms in total. The van der Waals surface area contributed by atoms with Crippen LogP contribution in [0.2, 0.25) is 0 Å². The Labute approximate surface area is 126 Å². The first-order chi connectivity index (χ1) is 9.55. The summed E-state index contributed by atoms with van der Waals surface area (Å²) in [6.07, 6.45) is 1.45. The molecule has 0 aromatic heterocycles. The van der Waals surface area contributed by atoms with Gasteiger partial charge >= 0.3 is 0 Å². The smallest absolute Gasteiger partial charge is 0.199 e. The van der Waals surface area contributed by atoms with Crippen molar-refractivity contribution >= 4 is 25.8 Å². The summed E-state index contributed by atoms with van der Waals surface area (Å²) in [5.74, 6) is 0. The van der Waals surface area contributed by atoms with Crippen LogP contribution in [0.5, 0.6) is 0 Å². The standard InChI is InChI=1S/C15H18O4S2/c1-7-13-10(4)14(20(16,17)8-2)12(6)15(11(13)5)21(18,19)9-3/h7-9H,1-3H2,4-6H3. The minimum absolute atomic E-state index is 0.0431. The van der Waals surface area contributed by atoms with Gasteiger partial charge in [-0.1, -0.05) is 25.8 Å². The van der Waals surface area contributed by atoms with Gasteiger partial charge in [-0.3, -0.25) is 0 Å². The van der Waals surface area contributed by atoms with Gasteiger partial charge in [-0.25, -0.2) is 16.8 Å². The van der Waals surface area contributed by atoms with E-state index in [4.69, 9.17) is 0 Å². The molecule has 0 atom stereocenters. The summed E-state index contributed by atoms with van der Waals surface area (Å²) in [4.78, 5) is -0.0862. The quantitative estimate of drug-likeness (QED) is 0.834. The van der Waals surface area contributed by atoms with Gasteiger partial charge < -0.3 is 0 Å². The molecule has 0 aliphatic carbocycles. The topological polar surface area (TPSA) is 68.3 Å². The van der Waals surface area contributed by atoms with E-state index < -0.39 is 19.7 Å². The molecule has 1 aromatic carbocycles. The number of hydrogen-bond acceptors (Lipinski definition) is 4. The molecule has 0 spiro atoms. The molecule has 0 amide bonds. The molecule has 0 fully saturated rings. The zero-order chi connectivity index (χ0) is 16.6. The lowest BCUT2D eigenvalue weighted by molar-refractivity contribution is 0.600. The third kappa shape index (κ3) is 2.73. The van der Waals surface area contributed by atoms with Crippen molar-refractivity contribution < 1.29 is 16.8 Å². The van der Waals surface area contributed by atoms with E-state index in [9.17, 15) is 16.8 Å². The Morgan fingerprint density at radius 2 is 1.05 bits per heavy atom. The van der Waals surface area contributed by atoms with Crippen molar-refractivity contribution in [2.24, 2.45) is 0 Å². The highest BCUT2D eigenvalue weighted by Crippen LogP contribution is 2.35. The first-order valence-corrected chi connectivity index (χ1v) is 9.15. The van der Waals surface area contributed by atoms with E-state index in [1.165, 1.54) is 13.0 Å². The van der Waals surface area contributed by atoms with E-state index in [-0.39, 0.29) is 15.4 Å².